The van der Waals surface area contributed by atoms with Gasteiger partial charge in [-0.05, 0) is 73.2 Å². The van der Waals surface area contributed by atoms with Gasteiger partial charge in [-0.15, -0.1) is 0 Å². The maximum absolute atomic E-state index is 11.7. The minimum atomic E-state index is -1.00. The van der Waals surface area contributed by atoms with Gasteiger partial charge in [0.25, 0.3) is 0 Å². The fourth-order valence-electron chi connectivity index (χ4n) is 4.24. The molecule has 0 spiro atoms. The van der Waals surface area contributed by atoms with Crippen LogP contribution in [-0.4, -0.2) is 21.2 Å². The Balaban J connectivity index is 1.63. The summed E-state index contributed by atoms with van der Waals surface area (Å²) in [4.78, 5) is 18.3. The first-order valence-corrected chi connectivity index (χ1v) is 11.8. The van der Waals surface area contributed by atoms with Crippen molar-refractivity contribution in [3.63, 3.8) is 0 Å². The topological polar surface area (TPSA) is 78.6 Å². The first-order chi connectivity index (χ1) is 16.4. The summed E-state index contributed by atoms with van der Waals surface area (Å²) in [6, 6.07) is 21.7. The van der Waals surface area contributed by atoms with Crippen LogP contribution in [0.3, 0.4) is 0 Å². The molecule has 2 aromatic carbocycles. The standard InChI is InChI=1S/C26H20BrN3O3S/c1-15-14-16(9-10-19(15)27)30-24(23(29-26(30)34)20-8-4-5-13-28-20)22-12-11-21(33-22)17-6-2-3-7-18(17)25(31)32/h2-14,23-24H,1H3,(H,29,34)(H,31,32)/t23-,24+/m0/s1. The van der Waals surface area contributed by atoms with Crippen molar-refractivity contribution < 1.29 is 14.3 Å². The van der Waals surface area contributed by atoms with E-state index in [1.54, 1.807) is 36.5 Å². The number of hydrogen-bond acceptors (Lipinski definition) is 4. The zero-order valence-corrected chi connectivity index (χ0v) is 20.5. The van der Waals surface area contributed by atoms with Gasteiger partial charge in [-0.1, -0.05) is 40.2 Å². The fraction of sp³-hybridized carbons (Fsp3) is 0.115. The second-order valence-electron chi connectivity index (χ2n) is 7.98. The summed E-state index contributed by atoms with van der Waals surface area (Å²) in [6.45, 7) is 2.03. The number of carboxylic acids is 1. The summed E-state index contributed by atoms with van der Waals surface area (Å²) in [5.41, 5.74) is 3.54. The highest BCUT2D eigenvalue weighted by atomic mass is 79.9. The second kappa shape index (κ2) is 9.04. The quantitative estimate of drug-likeness (QED) is 0.292. The Morgan fingerprint density at radius 3 is 2.65 bits per heavy atom. The molecule has 0 unspecified atom stereocenters. The highest BCUT2D eigenvalue weighted by Gasteiger charge is 2.42. The lowest BCUT2D eigenvalue weighted by atomic mass is 10.0. The zero-order chi connectivity index (χ0) is 23.8. The van der Waals surface area contributed by atoms with Crippen LogP contribution in [0, 0.1) is 6.92 Å². The summed E-state index contributed by atoms with van der Waals surface area (Å²) in [7, 11) is 0. The molecule has 6 nitrogen and oxygen atoms in total. The number of aromatic carboxylic acids is 1. The van der Waals surface area contributed by atoms with Crippen molar-refractivity contribution >= 4 is 44.9 Å². The average molecular weight is 534 g/mol. The van der Waals surface area contributed by atoms with E-state index in [0.717, 1.165) is 21.4 Å². The largest absolute Gasteiger partial charge is 0.478 e. The van der Waals surface area contributed by atoms with Gasteiger partial charge in [0.15, 0.2) is 5.11 Å². The number of aryl methyl sites for hydroxylation is 1. The van der Waals surface area contributed by atoms with Crippen molar-refractivity contribution in [3.8, 4) is 11.3 Å². The van der Waals surface area contributed by atoms with Crippen LogP contribution in [0.1, 0.15) is 39.5 Å². The van der Waals surface area contributed by atoms with E-state index < -0.39 is 5.97 Å². The Morgan fingerprint density at radius 1 is 1.12 bits per heavy atom. The Kier molecular flexibility index (Phi) is 5.93. The predicted molar refractivity (Wildman–Crippen MR) is 138 cm³/mol. The third kappa shape index (κ3) is 3.99. The number of anilines is 1. The van der Waals surface area contributed by atoms with Crippen LogP contribution in [0.5, 0.6) is 0 Å². The summed E-state index contributed by atoms with van der Waals surface area (Å²) in [5, 5.41) is 13.6. The summed E-state index contributed by atoms with van der Waals surface area (Å²) < 4.78 is 7.32. The van der Waals surface area contributed by atoms with E-state index in [2.05, 4.69) is 32.3 Å². The highest BCUT2D eigenvalue weighted by Crippen LogP contribution is 2.43. The summed E-state index contributed by atoms with van der Waals surface area (Å²) >= 11 is 9.33. The van der Waals surface area contributed by atoms with Crippen molar-refractivity contribution in [2.75, 3.05) is 4.90 Å². The number of benzene rings is 2. The monoisotopic (exact) mass is 533 g/mol. The van der Waals surface area contributed by atoms with Gasteiger partial charge < -0.3 is 19.7 Å². The lowest BCUT2D eigenvalue weighted by Gasteiger charge is -2.26. The van der Waals surface area contributed by atoms with E-state index in [9.17, 15) is 9.90 Å². The third-order valence-corrected chi connectivity index (χ3v) is 7.06. The molecule has 4 aromatic rings. The fourth-order valence-corrected chi connectivity index (χ4v) is 4.83. The van der Waals surface area contributed by atoms with E-state index >= 15 is 0 Å². The van der Waals surface area contributed by atoms with Gasteiger partial charge in [0, 0.05) is 21.9 Å². The molecule has 170 valence electrons. The molecule has 1 aliphatic rings. The normalized spacial score (nSPS) is 17.6. The average Bonchev–Trinajstić information content (AvgIpc) is 3.46. The lowest BCUT2D eigenvalue weighted by molar-refractivity contribution is 0.0697. The molecule has 0 bridgehead atoms. The van der Waals surface area contributed by atoms with Crippen LogP contribution in [0.25, 0.3) is 11.3 Å². The molecule has 2 N–H and O–H groups in total. The van der Waals surface area contributed by atoms with E-state index in [1.165, 1.54) is 0 Å². The smallest absolute Gasteiger partial charge is 0.336 e. The first-order valence-electron chi connectivity index (χ1n) is 10.6. The van der Waals surface area contributed by atoms with Crippen LogP contribution in [0.4, 0.5) is 5.69 Å². The first kappa shape index (κ1) is 22.3. The number of nitrogens with one attached hydrogen (secondary N) is 1. The van der Waals surface area contributed by atoms with Gasteiger partial charge >= 0.3 is 5.97 Å². The zero-order valence-electron chi connectivity index (χ0n) is 18.1. The Bertz CT molecular complexity index is 1390. The summed E-state index contributed by atoms with van der Waals surface area (Å²) in [6.07, 6.45) is 1.75. The van der Waals surface area contributed by atoms with Crippen LogP contribution >= 0.6 is 28.1 Å². The molecular weight excluding hydrogens is 514 g/mol. The van der Waals surface area contributed by atoms with Gasteiger partial charge in [0.05, 0.1) is 17.3 Å². The summed E-state index contributed by atoms with van der Waals surface area (Å²) in [5.74, 6) is 0.131. The molecule has 5 rings (SSSR count). The number of hydrogen-bond donors (Lipinski definition) is 2. The molecule has 8 heteroatoms. The Hall–Kier alpha value is -3.49. The molecular formula is C26H20BrN3O3S. The van der Waals surface area contributed by atoms with Crippen molar-refractivity contribution in [3.05, 3.63) is 106 Å². The lowest BCUT2D eigenvalue weighted by Crippen LogP contribution is -2.29. The molecule has 1 aliphatic heterocycles. The Labute approximate surface area is 210 Å². The van der Waals surface area contributed by atoms with Gasteiger partial charge in [0.1, 0.15) is 17.6 Å². The van der Waals surface area contributed by atoms with Crippen LogP contribution in [0.15, 0.2) is 87.9 Å². The second-order valence-corrected chi connectivity index (χ2v) is 9.22. The number of aromatic nitrogens is 1. The van der Waals surface area contributed by atoms with Crippen molar-refractivity contribution in [2.24, 2.45) is 0 Å². The van der Waals surface area contributed by atoms with E-state index in [0.29, 0.717) is 22.2 Å². The number of thiocarbonyl (C=S) groups is 1. The number of rotatable bonds is 5. The highest BCUT2D eigenvalue weighted by molar-refractivity contribution is 9.10. The van der Waals surface area contributed by atoms with E-state index in [1.807, 2.05) is 48.2 Å². The maximum atomic E-state index is 11.7. The SMILES string of the molecule is Cc1cc(N2C(=S)N[C@@H](c3ccccn3)[C@H]2c2ccc(-c3ccccc3C(=O)O)o2)ccc1Br. The minimum Gasteiger partial charge on any atom is -0.478 e. The number of furan rings is 1. The minimum absolute atomic E-state index is 0.185. The number of carbonyl (C=O) groups is 1. The number of nitrogens with zero attached hydrogens (tertiary/aromatic N) is 2. The molecule has 3 heterocycles. The molecule has 34 heavy (non-hydrogen) atoms. The molecule has 0 saturated carbocycles. The molecule has 1 fully saturated rings. The molecule has 1 saturated heterocycles. The van der Waals surface area contributed by atoms with Crippen molar-refractivity contribution in [1.29, 1.82) is 0 Å². The Morgan fingerprint density at radius 2 is 1.91 bits per heavy atom. The van der Waals surface area contributed by atoms with Gasteiger partial charge in [-0.25, -0.2) is 4.79 Å². The van der Waals surface area contributed by atoms with Gasteiger partial charge in [0.2, 0.25) is 0 Å². The van der Waals surface area contributed by atoms with E-state index in [-0.39, 0.29) is 17.6 Å². The van der Waals surface area contributed by atoms with E-state index in [4.69, 9.17) is 16.6 Å². The van der Waals surface area contributed by atoms with Crippen molar-refractivity contribution in [1.82, 2.24) is 10.3 Å². The number of carboxylic acid groups (broad SMARTS) is 1. The number of pyridine rings is 1. The van der Waals surface area contributed by atoms with Gasteiger partial charge in [-0.2, -0.15) is 0 Å². The van der Waals surface area contributed by atoms with Crippen molar-refractivity contribution in [2.45, 2.75) is 19.0 Å². The number of halogens is 1. The maximum Gasteiger partial charge on any atom is 0.336 e. The van der Waals surface area contributed by atoms with Crippen LogP contribution in [-0.2, 0) is 0 Å². The van der Waals surface area contributed by atoms with Crippen LogP contribution < -0.4 is 10.2 Å². The molecule has 2 atom stereocenters. The molecule has 0 radical (unpaired) electrons. The predicted octanol–water partition coefficient (Wildman–Crippen LogP) is 6.29. The third-order valence-electron chi connectivity index (χ3n) is 5.86. The van der Waals surface area contributed by atoms with Gasteiger partial charge in [-0.3, -0.25) is 4.98 Å². The molecule has 2 aromatic heterocycles. The molecule has 0 aliphatic carbocycles. The van der Waals surface area contributed by atoms with Crippen LogP contribution in [0.2, 0.25) is 0 Å². The molecule has 0 amide bonds.